The smallest absolute Gasteiger partial charge is 0.322 e. The fourth-order valence-electron chi connectivity index (χ4n) is 2.71. The highest BCUT2D eigenvalue weighted by molar-refractivity contribution is 5.85. The number of rotatable bonds is 5. The third kappa shape index (κ3) is 5.99. The molecule has 1 saturated carbocycles. The minimum absolute atomic E-state index is 0.200. The van der Waals surface area contributed by atoms with Crippen LogP contribution in [0.4, 0.5) is 5.69 Å². The zero-order chi connectivity index (χ0) is 16.5. The first-order valence-electron chi connectivity index (χ1n) is 7.96. The lowest BCUT2D eigenvalue weighted by molar-refractivity contribution is -0.135. The lowest BCUT2D eigenvalue weighted by Crippen LogP contribution is -2.42. The van der Waals surface area contributed by atoms with Gasteiger partial charge in [-0.3, -0.25) is 4.79 Å². The van der Waals surface area contributed by atoms with Gasteiger partial charge in [-0.1, -0.05) is 25.3 Å². The van der Waals surface area contributed by atoms with E-state index in [1.165, 1.54) is 32.1 Å². The maximum absolute atomic E-state index is 10.8. The van der Waals surface area contributed by atoms with Gasteiger partial charge < -0.3 is 15.7 Å². The maximum atomic E-state index is 10.8. The van der Waals surface area contributed by atoms with E-state index in [1.807, 2.05) is 0 Å². The summed E-state index contributed by atoms with van der Waals surface area (Å²) in [6.45, 7) is 0.581. The van der Waals surface area contributed by atoms with E-state index in [-0.39, 0.29) is 6.54 Å². The third-order valence-corrected chi connectivity index (χ3v) is 3.91. The number of benzene rings is 1. The van der Waals surface area contributed by atoms with Gasteiger partial charge in [0.1, 0.15) is 6.54 Å². The summed E-state index contributed by atoms with van der Waals surface area (Å²) < 4.78 is 0. The molecule has 6 nitrogen and oxygen atoms in total. The van der Waals surface area contributed by atoms with Crippen molar-refractivity contribution in [3.05, 3.63) is 29.8 Å². The Hall–Kier alpha value is -2.55. The molecule has 6 heteroatoms. The molecule has 0 radical (unpaired) electrons. The molecule has 0 unspecified atom stereocenters. The maximum Gasteiger partial charge on any atom is 0.322 e. The Kier molecular flexibility index (Phi) is 6.42. The molecule has 1 aromatic rings. The highest BCUT2D eigenvalue weighted by Crippen LogP contribution is 2.22. The van der Waals surface area contributed by atoms with Crippen LogP contribution in [0.3, 0.4) is 0 Å². The van der Waals surface area contributed by atoms with Crippen LogP contribution >= 0.6 is 0 Å². The van der Waals surface area contributed by atoms with Gasteiger partial charge in [-0.15, -0.1) is 0 Å². The van der Waals surface area contributed by atoms with Gasteiger partial charge in [-0.05, 0) is 37.0 Å². The fourth-order valence-corrected chi connectivity index (χ4v) is 2.71. The number of guanidine groups is 1. The Morgan fingerprint density at radius 3 is 2.78 bits per heavy atom. The summed E-state index contributed by atoms with van der Waals surface area (Å²) >= 11 is 0. The molecular formula is C17H22N4O2. The molecule has 0 bridgehead atoms. The summed E-state index contributed by atoms with van der Waals surface area (Å²) in [6.07, 6.45) is 6.21. The van der Waals surface area contributed by atoms with E-state index < -0.39 is 5.97 Å². The third-order valence-electron chi connectivity index (χ3n) is 3.91. The number of aliphatic imine (C=N–C) groups is 1. The van der Waals surface area contributed by atoms with Crippen LogP contribution in [-0.2, 0) is 4.79 Å². The van der Waals surface area contributed by atoms with Gasteiger partial charge in [0, 0.05) is 6.54 Å². The number of hydrogen-bond donors (Lipinski definition) is 3. The average Bonchev–Trinajstić information content (AvgIpc) is 2.58. The van der Waals surface area contributed by atoms with Gasteiger partial charge >= 0.3 is 5.97 Å². The largest absolute Gasteiger partial charge is 0.480 e. The van der Waals surface area contributed by atoms with Crippen molar-refractivity contribution >= 4 is 17.6 Å². The van der Waals surface area contributed by atoms with Gasteiger partial charge in [-0.25, -0.2) is 4.99 Å². The van der Waals surface area contributed by atoms with Crippen molar-refractivity contribution in [1.82, 2.24) is 10.6 Å². The van der Waals surface area contributed by atoms with Crippen molar-refractivity contribution < 1.29 is 9.90 Å². The van der Waals surface area contributed by atoms with Crippen LogP contribution in [0.1, 0.15) is 37.7 Å². The average molecular weight is 314 g/mol. The summed E-state index contributed by atoms with van der Waals surface area (Å²) in [7, 11) is 0. The molecule has 23 heavy (non-hydrogen) atoms. The van der Waals surface area contributed by atoms with Crippen molar-refractivity contribution in [3.8, 4) is 6.07 Å². The molecule has 0 aliphatic heterocycles. The summed E-state index contributed by atoms with van der Waals surface area (Å²) in [4.78, 5) is 15.2. The molecule has 3 N–H and O–H groups in total. The monoisotopic (exact) mass is 314 g/mol. The number of carbonyl (C=O) groups is 1. The number of hydrogen-bond acceptors (Lipinski definition) is 3. The summed E-state index contributed by atoms with van der Waals surface area (Å²) in [5.74, 6) is 0.0991. The van der Waals surface area contributed by atoms with E-state index in [9.17, 15) is 4.79 Å². The molecule has 0 heterocycles. The van der Waals surface area contributed by atoms with Gasteiger partial charge in [0.15, 0.2) is 5.96 Å². The van der Waals surface area contributed by atoms with Gasteiger partial charge in [0.25, 0.3) is 0 Å². The topological polar surface area (TPSA) is 97.5 Å². The molecule has 1 fully saturated rings. The van der Waals surface area contributed by atoms with Gasteiger partial charge in [-0.2, -0.15) is 5.26 Å². The molecule has 0 atom stereocenters. The standard InChI is InChI=1S/C17H22N4O2/c18-10-14-7-4-8-15(9-14)21-17(20-12-16(22)23)19-11-13-5-2-1-3-6-13/h4,7-9,13H,1-3,5-6,11-12H2,(H,22,23)(H2,19,20,21). The van der Waals surface area contributed by atoms with E-state index in [2.05, 4.69) is 21.7 Å². The Bertz CT molecular complexity index is 601. The molecule has 1 aliphatic carbocycles. The van der Waals surface area contributed by atoms with E-state index in [1.54, 1.807) is 24.3 Å². The molecule has 0 saturated heterocycles. The highest BCUT2D eigenvalue weighted by Gasteiger charge is 2.14. The van der Waals surface area contributed by atoms with E-state index in [4.69, 9.17) is 10.4 Å². The number of nitrogens with zero attached hydrogens (tertiary/aromatic N) is 2. The molecule has 0 aromatic heterocycles. The van der Waals surface area contributed by atoms with Gasteiger partial charge in [0.2, 0.25) is 0 Å². The van der Waals surface area contributed by atoms with E-state index >= 15 is 0 Å². The highest BCUT2D eigenvalue weighted by atomic mass is 16.4. The minimum Gasteiger partial charge on any atom is -0.480 e. The van der Waals surface area contributed by atoms with Gasteiger partial charge in [0.05, 0.1) is 17.3 Å². The summed E-state index contributed by atoms with van der Waals surface area (Å²) in [5, 5.41) is 23.8. The van der Waals surface area contributed by atoms with Crippen molar-refractivity contribution in [1.29, 1.82) is 5.26 Å². The Morgan fingerprint density at radius 2 is 2.09 bits per heavy atom. The Balaban J connectivity index is 2.03. The van der Waals surface area contributed by atoms with Crippen molar-refractivity contribution in [2.24, 2.45) is 10.9 Å². The van der Waals surface area contributed by atoms with Crippen molar-refractivity contribution in [2.75, 3.05) is 13.1 Å². The SMILES string of the molecule is N#Cc1cccc(N=C(NCC(=O)O)NCC2CCCCC2)c1. The van der Waals surface area contributed by atoms with E-state index in [0.717, 1.165) is 6.54 Å². The predicted octanol–water partition coefficient (Wildman–Crippen LogP) is 2.39. The molecule has 122 valence electrons. The molecular weight excluding hydrogens is 292 g/mol. The van der Waals surface area contributed by atoms with Crippen LogP contribution < -0.4 is 10.6 Å². The molecule has 0 amide bonds. The van der Waals surface area contributed by atoms with Crippen molar-refractivity contribution in [2.45, 2.75) is 32.1 Å². The lowest BCUT2D eigenvalue weighted by Gasteiger charge is -2.22. The second kappa shape index (κ2) is 8.79. The number of aliphatic carboxylic acids is 1. The number of carboxylic acid groups (broad SMARTS) is 1. The fraction of sp³-hybridized carbons (Fsp3) is 0.471. The number of carboxylic acids is 1. The number of nitrogens with one attached hydrogen (secondary N) is 2. The second-order valence-electron chi connectivity index (χ2n) is 5.75. The van der Waals surface area contributed by atoms with Crippen LogP contribution in [0, 0.1) is 17.2 Å². The zero-order valence-corrected chi connectivity index (χ0v) is 13.1. The zero-order valence-electron chi connectivity index (χ0n) is 13.1. The summed E-state index contributed by atoms with van der Waals surface area (Å²) in [5.41, 5.74) is 1.14. The molecule has 0 spiro atoms. The first kappa shape index (κ1) is 16.8. The number of nitriles is 1. The van der Waals surface area contributed by atoms with E-state index in [0.29, 0.717) is 23.1 Å². The summed E-state index contributed by atoms with van der Waals surface area (Å²) in [6, 6.07) is 8.99. The molecule has 1 aromatic carbocycles. The lowest BCUT2D eigenvalue weighted by atomic mass is 9.89. The van der Waals surface area contributed by atoms with Crippen LogP contribution in [0.25, 0.3) is 0 Å². The van der Waals surface area contributed by atoms with Crippen LogP contribution in [0.2, 0.25) is 0 Å². The van der Waals surface area contributed by atoms with Crippen molar-refractivity contribution in [3.63, 3.8) is 0 Å². The predicted molar refractivity (Wildman–Crippen MR) is 88.5 cm³/mol. The van der Waals surface area contributed by atoms with Crippen LogP contribution in [0.15, 0.2) is 29.3 Å². The Morgan fingerprint density at radius 1 is 1.30 bits per heavy atom. The van der Waals surface area contributed by atoms with Crippen LogP contribution in [-0.4, -0.2) is 30.1 Å². The normalized spacial score (nSPS) is 15.7. The Labute approximate surface area is 136 Å². The van der Waals surface area contributed by atoms with Crippen LogP contribution in [0.5, 0.6) is 0 Å². The quantitative estimate of drug-likeness (QED) is 0.572. The first-order valence-corrected chi connectivity index (χ1v) is 7.96. The minimum atomic E-state index is -0.942. The first-order chi connectivity index (χ1) is 11.2. The second-order valence-corrected chi connectivity index (χ2v) is 5.75. The molecule has 1 aliphatic rings. The molecule has 2 rings (SSSR count).